The van der Waals surface area contributed by atoms with Crippen molar-refractivity contribution in [1.29, 1.82) is 0 Å². The number of benzene rings is 1. The summed E-state index contributed by atoms with van der Waals surface area (Å²) in [6, 6.07) is 8.42. The van der Waals surface area contributed by atoms with E-state index in [1.54, 1.807) is 0 Å². The zero-order valence-electron chi connectivity index (χ0n) is 12.0. The Morgan fingerprint density at radius 2 is 2.00 bits per heavy atom. The standard InChI is InChI=1S/C16H22N2O.ClH/c1-12(10-17)15(19)18-11-16(8-4-5-9-16)13-6-2-3-7-14(13)18;/h2-3,6-7,12H,4-5,8-11,17H2,1H3;1H. The molecule has 110 valence electrons. The Bertz CT molecular complexity index is 497. The van der Waals surface area contributed by atoms with Gasteiger partial charge in [-0.3, -0.25) is 4.79 Å². The van der Waals surface area contributed by atoms with Gasteiger partial charge in [-0.2, -0.15) is 0 Å². The monoisotopic (exact) mass is 294 g/mol. The van der Waals surface area contributed by atoms with E-state index in [9.17, 15) is 4.79 Å². The number of nitrogens with zero attached hydrogens (tertiary/aromatic N) is 1. The minimum Gasteiger partial charge on any atom is -0.330 e. The summed E-state index contributed by atoms with van der Waals surface area (Å²) < 4.78 is 0. The van der Waals surface area contributed by atoms with Gasteiger partial charge in [-0.25, -0.2) is 0 Å². The van der Waals surface area contributed by atoms with Crippen molar-refractivity contribution < 1.29 is 4.79 Å². The molecule has 0 aromatic heterocycles. The number of halogens is 1. The molecule has 2 aliphatic rings. The molecule has 0 bridgehead atoms. The molecule has 3 nitrogen and oxygen atoms in total. The Labute approximate surface area is 126 Å². The van der Waals surface area contributed by atoms with E-state index in [4.69, 9.17) is 5.73 Å². The zero-order valence-corrected chi connectivity index (χ0v) is 12.8. The molecular formula is C16H23ClN2O. The van der Waals surface area contributed by atoms with Crippen LogP contribution in [0.25, 0.3) is 0 Å². The van der Waals surface area contributed by atoms with Crippen molar-refractivity contribution in [2.75, 3.05) is 18.0 Å². The van der Waals surface area contributed by atoms with Crippen molar-refractivity contribution in [3.05, 3.63) is 29.8 Å². The van der Waals surface area contributed by atoms with Crippen molar-refractivity contribution >= 4 is 24.0 Å². The Morgan fingerprint density at radius 1 is 1.35 bits per heavy atom. The summed E-state index contributed by atoms with van der Waals surface area (Å²) in [5.41, 5.74) is 8.38. The van der Waals surface area contributed by atoms with E-state index < -0.39 is 0 Å². The summed E-state index contributed by atoms with van der Waals surface area (Å²) in [7, 11) is 0. The maximum absolute atomic E-state index is 12.5. The fourth-order valence-corrected chi connectivity index (χ4v) is 3.67. The molecule has 1 aromatic rings. The lowest BCUT2D eigenvalue weighted by Gasteiger charge is -2.26. The summed E-state index contributed by atoms with van der Waals surface area (Å²) in [5, 5.41) is 0. The molecule has 1 aromatic carbocycles. The van der Waals surface area contributed by atoms with E-state index in [0.717, 1.165) is 12.2 Å². The first kappa shape index (κ1) is 15.3. The number of carbonyl (C=O) groups excluding carboxylic acids is 1. The number of rotatable bonds is 2. The third kappa shape index (κ3) is 2.23. The van der Waals surface area contributed by atoms with E-state index in [0.29, 0.717) is 6.54 Å². The summed E-state index contributed by atoms with van der Waals surface area (Å²) in [6.45, 7) is 3.20. The van der Waals surface area contributed by atoms with Gasteiger partial charge in [-0.05, 0) is 24.5 Å². The molecule has 1 heterocycles. The molecule has 20 heavy (non-hydrogen) atoms. The first-order valence-electron chi connectivity index (χ1n) is 7.29. The molecule has 2 N–H and O–H groups in total. The van der Waals surface area contributed by atoms with Crippen LogP contribution >= 0.6 is 12.4 Å². The van der Waals surface area contributed by atoms with Crippen molar-refractivity contribution in [1.82, 2.24) is 0 Å². The second kappa shape index (κ2) is 5.74. The Balaban J connectivity index is 0.00000147. The average molecular weight is 295 g/mol. The molecule has 3 rings (SSSR count). The zero-order chi connectivity index (χ0) is 13.5. The topological polar surface area (TPSA) is 46.3 Å². The van der Waals surface area contributed by atoms with Crippen molar-refractivity contribution in [2.24, 2.45) is 11.7 Å². The molecule has 0 radical (unpaired) electrons. The fraction of sp³-hybridized carbons (Fsp3) is 0.562. The normalized spacial score (nSPS) is 20.6. The van der Waals surface area contributed by atoms with Gasteiger partial charge in [0.1, 0.15) is 0 Å². The predicted molar refractivity (Wildman–Crippen MR) is 84.4 cm³/mol. The third-order valence-corrected chi connectivity index (χ3v) is 4.83. The first-order chi connectivity index (χ1) is 9.18. The lowest BCUT2D eigenvalue weighted by molar-refractivity contribution is -0.121. The molecule has 1 saturated carbocycles. The molecule has 4 heteroatoms. The van der Waals surface area contributed by atoms with Crippen LogP contribution in [0.4, 0.5) is 5.69 Å². The van der Waals surface area contributed by atoms with Crippen molar-refractivity contribution in [2.45, 2.75) is 38.0 Å². The average Bonchev–Trinajstić information content (AvgIpc) is 3.05. The number of fused-ring (bicyclic) bond motifs is 2. The van der Waals surface area contributed by atoms with Crippen LogP contribution in [0.3, 0.4) is 0 Å². The van der Waals surface area contributed by atoms with Gasteiger partial charge in [0, 0.05) is 30.1 Å². The van der Waals surface area contributed by atoms with Crippen LogP contribution in [0, 0.1) is 5.92 Å². The quantitative estimate of drug-likeness (QED) is 0.912. The van der Waals surface area contributed by atoms with Gasteiger partial charge < -0.3 is 10.6 Å². The lowest BCUT2D eigenvalue weighted by Crippen LogP contribution is -2.40. The molecule has 1 aliphatic carbocycles. The number of nitrogens with two attached hydrogens (primary N) is 1. The predicted octanol–water partition coefficient (Wildman–Crippen LogP) is 2.86. The van der Waals surface area contributed by atoms with Gasteiger partial charge in [-0.15, -0.1) is 12.4 Å². The summed E-state index contributed by atoms with van der Waals surface area (Å²) in [5.74, 6) is 0.0864. The SMILES string of the molecule is CC(CN)C(=O)N1CC2(CCCC2)c2ccccc21.Cl. The number of hydrogen-bond donors (Lipinski definition) is 1. The van der Waals surface area contributed by atoms with Crippen LogP contribution in [0.1, 0.15) is 38.2 Å². The molecule has 1 spiro atoms. The van der Waals surface area contributed by atoms with Gasteiger partial charge in [0.15, 0.2) is 0 Å². The van der Waals surface area contributed by atoms with Gasteiger partial charge in [0.05, 0.1) is 0 Å². The van der Waals surface area contributed by atoms with E-state index in [1.165, 1.54) is 31.2 Å². The van der Waals surface area contributed by atoms with E-state index in [-0.39, 0.29) is 29.6 Å². The molecule has 1 fully saturated rings. The minimum absolute atomic E-state index is 0. The summed E-state index contributed by atoms with van der Waals surface area (Å²) in [4.78, 5) is 14.5. The van der Waals surface area contributed by atoms with Crippen LogP contribution in [0.15, 0.2) is 24.3 Å². The van der Waals surface area contributed by atoms with Crippen LogP contribution in [-0.4, -0.2) is 19.0 Å². The van der Waals surface area contributed by atoms with E-state index in [2.05, 4.69) is 18.2 Å². The highest BCUT2D eigenvalue weighted by Gasteiger charge is 2.46. The molecular weight excluding hydrogens is 272 g/mol. The molecule has 0 saturated heterocycles. The van der Waals surface area contributed by atoms with E-state index >= 15 is 0 Å². The maximum atomic E-state index is 12.5. The van der Waals surface area contributed by atoms with Crippen LogP contribution in [0.5, 0.6) is 0 Å². The second-order valence-electron chi connectivity index (χ2n) is 6.07. The Hall–Kier alpha value is -1.06. The first-order valence-corrected chi connectivity index (χ1v) is 7.29. The molecule has 1 unspecified atom stereocenters. The lowest BCUT2D eigenvalue weighted by atomic mass is 9.81. The van der Waals surface area contributed by atoms with Gasteiger partial charge in [0.2, 0.25) is 5.91 Å². The van der Waals surface area contributed by atoms with Crippen molar-refractivity contribution in [3.8, 4) is 0 Å². The van der Waals surface area contributed by atoms with Crippen LogP contribution in [-0.2, 0) is 10.2 Å². The smallest absolute Gasteiger partial charge is 0.231 e. The Kier molecular flexibility index (Phi) is 4.40. The van der Waals surface area contributed by atoms with Gasteiger partial charge >= 0.3 is 0 Å². The fourth-order valence-electron chi connectivity index (χ4n) is 3.67. The second-order valence-corrected chi connectivity index (χ2v) is 6.07. The number of amides is 1. The third-order valence-electron chi connectivity index (χ3n) is 4.83. The number of anilines is 1. The molecule has 1 amide bonds. The largest absolute Gasteiger partial charge is 0.330 e. The summed E-state index contributed by atoms with van der Waals surface area (Å²) >= 11 is 0. The van der Waals surface area contributed by atoms with Crippen LogP contribution < -0.4 is 10.6 Å². The maximum Gasteiger partial charge on any atom is 0.231 e. The highest BCUT2D eigenvalue weighted by atomic mass is 35.5. The number of carbonyl (C=O) groups is 1. The van der Waals surface area contributed by atoms with Crippen molar-refractivity contribution in [3.63, 3.8) is 0 Å². The number of para-hydroxylation sites is 1. The van der Waals surface area contributed by atoms with Gasteiger partial charge in [-0.1, -0.05) is 38.0 Å². The molecule has 1 aliphatic heterocycles. The highest BCUT2D eigenvalue weighted by molar-refractivity contribution is 5.97. The minimum atomic E-state index is -0.0930. The number of hydrogen-bond acceptors (Lipinski definition) is 2. The van der Waals surface area contributed by atoms with Crippen LogP contribution in [0.2, 0.25) is 0 Å². The molecule has 1 atom stereocenters. The van der Waals surface area contributed by atoms with E-state index in [1.807, 2.05) is 17.9 Å². The Morgan fingerprint density at radius 3 is 2.65 bits per heavy atom. The highest BCUT2D eigenvalue weighted by Crippen LogP contribution is 2.50. The van der Waals surface area contributed by atoms with Gasteiger partial charge in [0.25, 0.3) is 0 Å². The summed E-state index contributed by atoms with van der Waals surface area (Å²) in [6.07, 6.45) is 4.99.